The number of furan rings is 1. The van der Waals surface area contributed by atoms with Crippen LogP contribution in [0, 0.1) is 5.41 Å². The van der Waals surface area contributed by atoms with E-state index in [2.05, 4.69) is 58.1 Å². The molecule has 0 bridgehead atoms. The SMILES string of the molecule is CN=C(NCCc1nc(-c2ccco2)n[nH]1)N1CC(C)(C)C1(C)C.I. The van der Waals surface area contributed by atoms with Crippen LogP contribution in [0.4, 0.5) is 0 Å². The molecule has 0 unspecified atom stereocenters. The molecule has 2 aromatic rings. The summed E-state index contributed by atoms with van der Waals surface area (Å²) in [6, 6.07) is 3.67. The van der Waals surface area contributed by atoms with Crippen LogP contribution < -0.4 is 5.32 Å². The summed E-state index contributed by atoms with van der Waals surface area (Å²) in [6.45, 7) is 10.9. The quantitative estimate of drug-likeness (QED) is 0.419. The van der Waals surface area contributed by atoms with Crippen LogP contribution in [-0.4, -0.2) is 51.7 Å². The third-order valence-electron chi connectivity index (χ3n) is 5.27. The summed E-state index contributed by atoms with van der Waals surface area (Å²) in [6.07, 6.45) is 2.36. The molecule has 1 fully saturated rings. The predicted octanol–water partition coefficient (Wildman–Crippen LogP) is 2.92. The monoisotopic (exact) mass is 458 g/mol. The van der Waals surface area contributed by atoms with Gasteiger partial charge in [0.2, 0.25) is 5.82 Å². The van der Waals surface area contributed by atoms with Crippen molar-refractivity contribution in [2.75, 3.05) is 20.1 Å². The van der Waals surface area contributed by atoms with Crippen molar-refractivity contribution in [2.24, 2.45) is 10.4 Å². The Hall–Kier alpha value is -1.58. The number of guanidine groups is 1. The number of likely N-dealkylation sites (tertiary alicyclic amines) is 1. The minimum absolute atomic E-state index is 0. The summed E-state index contributed by atoms with van der Waals surface area (Å²) in [5.74, 6) is 3.02. The Labute approximate surface area is 165 Å². The molecule has 25 heavy (non-hydrogen) atoms. The molecule has 138 valence electrons. The van der Waals surface area contributed by atoms with E-state index in [1.54, 1.807) is 6.26 Å². The first-order chi connectivity index (χ1) is 11.3. The van der Waals surface area contributed by atoms with Gasteiger partial charge in [-0.15, -0.1) is 24.0 Å². The van der Waals surface area contributed by atoms with Gasteiger partial charge in [-0.2, -0.15) is 5.10 Å². The summed E-state index contributed by atoms with van der Waals surface area (Å²) in [4.78, 5) is 11.2. The van der Waals surface area contributed by atoms with Gasteiger partial charge in [-0.05, 0) is 26.0 Å². The molecule has 2 N–H and O–H groups in total. The topological polar surface area (TPSA) is 82.3 Å². The van der Waals surface area contributed by atoms with Gasteiger partial charge in [-0.3, -0.25) is 10.1 Å². The van der Waals surface area contributed by atoms with Gasteiger partial charge in [0.25, 0.3) is 0 Å². The summed E-state index contributed by atoms with van der Waals surface area (Å²) >= 11 is 0. The normalized spacial score (nSPS) is 18.4. The lowest BCUT2D eigenvalue weighted by molar-refractivity contribution is -0.0666. The highest BCUT2D eigenvalue weighted by molar-refractivity contribution is 14.0. The highest BCUT2D eigenvalue weighted by Gasteiger charge is 2.53. The van der Waals surface area contributed by atoms with Gasteiger partial charge in [0, 0.05) is 37.5 Å². The Kier molecular flexibility index (Phi) is 5.80. The Morgan fingerprint density at radius 3 is 2.72 bits per heavy atom. The van der Waals surface area contributed by atoms with Crippen LogP contribution in [0.5, 0.6) is 0 Å². The molecule has 0 spiro atoms. The van der Waals surface area contributed by atoms with Crippen molar-refractivity contribution in [1.82, 2.24) is 25.4 Å². The molecule has 0 aromatic carbocycles. The number of aliphatic imine (C=N–C) groups is 1. The van der Waals surface area contributed by atoms with Crippen LogP contribution in [0.2, 0.25) is 0 Å². The van der Waals surface area contributed by atoms with Crippen molar-refractivity contribution in [2.45, 2.75) is 39.7 Å². The molecule has 0 aliphatic carbocycles. The molecule has 2 aromatic heterocycles. The van der Waals surface area contributed by atoms with Crippen molar-refractivity contribution in [1.29, 1.82) is 0 Å². The molecule has 0 radical (unpaired) electrons. The summed E-state index contributed by atoms with van der Waals surface area (Å²) in [5, 5.41) is 10.6. The van der Waals surface area contributed by atoms with Crippen LogP contribution in [0.3, 0.4) is 0 Å². The zero-order valence-electron chi connectivity index (χ0n) is 15.5. The summed E-state index contributed by atoms with van der Waals surface area (Å²) < 4.78 is 5.30. The molecule has 0 saturated carbocycles. The maximum absolute atomic E-state index is 5.30. The summed E-state index contributed by atoms with van der Waals surface area (Å²) in [5.41, 5.74) is 0.376. The number of halogens is 1. The highest BCUT2D eigenvalue weighted by atomic mass is 127. The second-order valence-electron chi connectivity index (χ2n) is 7.34. The molecule has 1 aliphatic rings. The van der Waals surface area contributed by atoms with Crippen LogP contribution in [0.25, 0.3) is 11.6 Å². The van der Waals surface area contributed by atoms with E-state index in [0.29, 0.717) is 11.6 Å². The van der Waals surface area contributed by atoms with Gasteiger partial charge in [-0.1, -0.05) is 13.8 Å². The molecule has 3 heterocycles. The van der Waals surface area contributed by atoms with Gasteiger partial charge < -0.3 is 14.6 Å². The van der Waals surface area contributed by atoms with Crippen LogP contribution >= 0.6 is 24.0 Å². The second kappa shape index (κ2) is 7.35. The van der Waals surface area contributed by atoms with Crippen LogP contribution in [0.1, 0.15) is 33.5 Å². The fourth-order valence-electron chi connectivity index (χ4n) is 2.91. The Balaban J connectivity index is 0.00000225. The number of nitrogens with zero attached hydrogens (tertiary/aromatic N) is 4. The van der Waals surface area contributed by atoms with E-state index in [1.165, 1.54) is 0 Å². The Morgan fingerprint density at radius 1 is 1.40 bits per heavy atom. The Bertz CT molecular complexity index is 719. The largest absolute Gasteiger partial charge is 0.461 e. The maximum Gasteiger partial charge on any atom is 0.216 e. The average molecular weight is 458 g/mol. The third kappa shape index (κ3) is 3.68. The molecule has 1 aliphatic heterocycles. The van der Waals surface area contributed by atoms with Crippen molar-refractivity contribution < 1.29 is 4.42 Å². The lowest BCUT2D eigenvalue weighted by Gasteiger charge is -2.62. The zero-order valence-corrected chi connectivity index (χ0v) is 17.8. The lowest BCUT2D eigenvalue weighted by atomic mass is 9.65. The fraction of sp³-hybridized carbons (Fsp3) is 0.588. The highest BCUT2D eigenvalue weighted by Crippen LogP contribution is 2.46. The number of rotatable bonds is 4. The van der Waals surface area contributed by atoms with E-state index >= 15 is 0 Å². The van der Waals surface area contributed by atoms with E-state index in [4.69, 9.17) is 4.42 Å². The van der Waals surface area contributed by atoms with E-state index < -0.39 is 0 Å². The molecule has 8 heteroatoms. The molecule has 0 amide bonds. The van der Waals surface area contributed by atoms with Crippen LogP contribution in [-0.2, 0) is 6.42 Å². The van der Waals surface area contributed by atoms with E-state index in [1.807, 2.05) is 19.2 Å². The maximum atomic E-state index is 5.30. The predicted molar refractivity (Wildman–Crippen MR) is 109 cm³/mol. The number of aromatic nitrogens is 3. The second-order valence-corrected chi connectivity index (χ2v) is 7.34. The number of aromatic amines is 1. The number of nitrogens with one attached hydrogen (secondary N) is 2. The van der Waals surface area contributed by atoms with Gasteiger partial charge >= 0.3 is 0 Å². The Morgan fingerprint density at radius 2 is 2.16 bits per heavy atom. The number of H-pyrrole nitrogens is 1. The van der Waals surface area contributed by atoms with Crippen molar-refractivity contribution in [3.8, 4) is 11.6 Å². The van der Waals surface area contributed by atoms with Gasteiger partial charge in [0.15, 0.2) is 11.7 Å². The number of hydrogen-bond acceptors (Lipinski definition) is 4. The minimum Gasteiger partial charge on any atom is -0.461 e. The van der Waals surface area contributed by atoms with Crippen LogP contribution in [0.15, 0.2) is 27.8 Å². The molecule has 3 rings (SSSR count). The van der Waals surface area contributed by atoms with Gasteiger partial charge in [-0.25, -0.2) is 4.98 Å². The standard InChI is InChI=1S/C17H26N6O.HI/c1-16(2)11-23(17(16,3)4)15(18-5)19-9-8-13-20-14(22-21-13)12-7-6-10-24-12;/h6-7,10H,8-9,11H2,1-5H3,(H,18,19)(H,20,21,22);1H. The first-order valence-corrected chi connectivity index (χ1v) is 8.28. The molecule has 7 nitrogen and oxygen atoms in total. The van der Waals surface area contributed by atoms with Crippen molar-refractivity contribution in [3.63, 3.8) is 0 Å². The van der Waals surface area contributed by atoms with Gasteiger partial charge in [0.1, 0.15) is 5.82 Å². The van der Waals surface area contributed by atoms with Crippen molar-refractivity contribution in [3.05, 3.63) is 24.2 Å². The molecular formula is C17H27IN6O. The first-order valence-electron chi connectivity index (χ1n) is 8.28. The van der Waals surface area contributed by atoms with E-state index in [0.717, 1.165) is 31.3 Å². The average Bonchev–Trinajstić information content (AvgIpc) is 3.20. The molecule has 1 saturated heterocycles. The smallest absolute Gasteiger partial charge is 0.216 e. The molecule has 0 atom stereocenters. The summed E-state index contributed by atoms with van der Waals surface area (Å²) in [7, 11) is 1.83. The number of hydrogen-bond donors (Lipinski definition) is 2. The van der Waals surface area contributed by atoms with Crippen molar-refractivity contribution >= 4 is 29.9 Å². The van der Waals surface area contributed by atoms with E-state index in [-0.39, 0.29) is 34.9 Å². The first kappa shape index (κ1) is 19.7. The lowest BCUT2D eigenvalue weighted by Crippen LogP contribution is -2.72. The molecular weight excluding hydrogens is 431 g/mol. The van der Waals surface area contributed by atoms with Gasteiger partial charge in [0.05, 0.1) is 6.26 Å². The third-order valence-corrected chi connectivity index (χ3v) is 5.27. The zero-order chi connectivity index (χ0) is 17.4. The minimum atomic E-state index is 0. The fourth-order valence-corrected chi connectivity index (χ4v) is 2.91. The van der Waals surface area contributed by atoms with E-state index in [9.17, 15) is 0 Å².